The van der Waals surface area contributed by atoms with Gasteiger partial charge in [-0.05, 0) is 0 Å². The van der Waals surface area contributed by atoms with E-state index in [0.29, 0.717) is 0 Å². The largest absolute Gasteiger partial charge is 0.481 e. The Balaban J connectivity index is 2.19. The van der Waals surface area contributed by atoms with E-state index in [9.17, 15) is 24.6 Å². The van der Waals surface area contributed by atoms with Crippen molar-refractivity contribution in [1.29, 1.82) is 0 Å². The molecular formula is C13H18N4O9. The van der Waals surface area contributed by atoms with E-state index in [1.165, 1.54) is 0 Å². The Morgan fingerprint density at radius 3 is 2.46 bits per heavy atom. The van der Waals surface area contributed by atoms with Crippen LogP contribution in [0.25, 0.3) is 0 Å². The van der Waals surface area contributed by atoms with Gasteiger partial charge in [0.1, 0.15) is 30.2 Å². The smallest absolute Gasteiger partial charge is 0.326 e. The molecule has 0 saturated carbocycles. The summed E-state index contributed by atoms with van der Waals surface area (Å²) in [5.74, 6) is -4.33. The number of hydrogen-bond acceptors (Lipinski definition) is 9. The fourth-order valence-corrected chi connectivity index (χ4v) is 2.46. The van der Waals surface area contributed by atoms with Gasteiger partial charge in [0, 0.05) is 0 Å². The number of aromatic nitrogens is 2. The monoisotopic (exact) mass is 374 g/mol. The number of rotatable bonds is 7. The van der Waals surface area contributed by atoms with Gasteiger partial charge >= 0.3 is 11.9 Å². The molecule has 1 aromatic heterocycles. The van der Waals surface area contributed by atoms with Gasteiger partial charge in [-0.1, -0.05) is 0 Å². The minimum absolute atomic E-state index is 0.309. The molecule has 1 aliphatic rings. The predicted molar refractivity (Wildman–Crippen MR) is 80.8 cm³/mol. The first kappa shape index (κ1) is 19.6. The lowest BCUT2D eigenvalue weighted by Crippen LogP contribution is -2.42. The Bertz CT molecular complexity index is 706. The predicted octanol–water partition coefficient (Wildman–Crippen LogP) is -3.27. The molecule has 0 aliphatic carbocycles. The van der Waals surface area contributed by atoms with Crippen LogP contribution in [0, 0.1) is 0 Å². The van der Waals surface area contributed by atoms with Gasteiger partial charge in [0.15, 0.2) is 11.9 Å². The summed E-state index contributed by atoms with van der Waals surface area (Å²) in [6, 6.07) is -1.70. The maximum absolute atomic E-state index is 12.1. The fraction of sp³-hybridized carbons (Fsp3) is 0.538. The van der Waals surface area contributed by atoms with E-state index in [1.54, 1.807) is 0 Å². The molecule has 26 heavy (non-hydrogen) atoms. The molecule has 0 aromatic carbocycles. The molecule has 1 aromatic rings. The van der Waals surface area contributed by atoms with Crippen LogP contribution in [0.2, 0.25) is 0 Å². The molecule has 1 fully saturated rings. The lowest BCUT2D eigenvalue weighted by Gasteiger charge is -2.17. The molecule has 0 spiro atoms. The second kappa shape index (κ2) is 7.65. The van der Waals surface area contributed by atoms with Crippen LogP contribution in [0.3, 0.4) is 0 Å². The van der Waals surface area contributed by atoms with Crippen LogP contribution in [0.5, 0.6) is 0 Å². The highest BCUT2D eigenvalue weighted by Crippen LogP contribution is 2.31. The van der Waals surface area contributed by atoms with Gasteiger partial charge < -0.3 is 41.3 Å². The van der Waals surface area contributed by atoms with Crippen LogP contribution in [0.4, 0.5) is 5.82 Å². The first-order valence-corrected chi connectivity index (χ1v) is 7.37. The zero-order valence-corrected chi connectivity index (χ0v) is 13.2. The van der Waals surface area contributed by atoms with Crippen LogP contribution in [0.15, 0.2) is 6.33 Å². The van der Waals surface area contributed by atoms with E-state index in [1.807, 2.05) is 5.32 Å². The van der Waals surface area contributed by atoms with Gasteiger partial charge in [-0.2, -0.15) is 0 Å². The summed E-state index contributed by atoms with van der Waals surface area (Å²) >= 11 is 0. The summed E-state index contributed by atoms with van der Waals surface area (Å²) in [4.78, 5) is 37.5. The summed E-state index contributed by atoms with van der Waals surface area (Å²) in [6.07, 6.45) is -4.98. The highest BCUT2D eigenvalue weighted by molar-refractivity contribution is 5.99. The fourth-order valence-electron chi connectivity index (χ4n) is 2.46. The summed E-state index contributed by atoms with van der Waals surface area (Å²) in [5.41, 5.74) is 5.36. The highest BCUT2D eigenvalue weighted by Gasteiger charge is 2.44. The number of nitrogen functional groups attached to an aromatic ring is 1. The quantitative estimate of drug-likeness (QED) is 0.251. The average molecular weight is 374 g/mol. The molecule has 2 heterocycles. The maximum atomic E-state index is 12.1. The van der Waals surface area contributed by atoms with Crippen molar-refractivity contribution in [2.24, 2.45) is 0 Å². The zero-order valence-electron chi connectivity index (χ0n) is 13.2. The molecule has 0 radical (unpaired) electrons. The summed E-state index contributed by atoms with van der Waals surface area (Å²) in [7, 11) is 0. The van der Waals surface area contributed by atoms with Gasteiger partial charge in [0.2, 0.25) is 0 Å². The number of hydrogen-bond donors (Lipinski definition) is 7. The van der Waals surface area contributed by atoms with Crippen molar-refractivity contribution >= 4 is 23.7 Å². The normalized spacial score (nSPS) is 26.4. The van der Waals surface area contributed by atoms with Gasteiger partial charge in [0.05, 0.1) is 19.4 Å². The molecule has 13 nitrogen and oxygen atoms in total. The average Bonchev–Trinajstić information content (AvgIpc) is 3.07. The number of carbonyl (C=O) groups excluding carboxylic acids is 1. The van der Waals surface area contributed by atoms with E-state index in [4.69, 9.17) is 25.8 Å². The van der Waals surface area contributed by atoms with Gasteiger partial charge in [-0.25, -0.2) is 9.78 Å². The third kappa shape index (κ3) is 3.75. The summed E-state index contributed by atoms with van der Waals surface area (Å²) in [5, 5.41) is 48.4. The third-order valence-electron chi connectivity index (χ3n) is 3.82. The highest BCUT2D eigenvalue weighted by atomic mass is 16.6. The molecule has 13 heteroatoms. The second-order valence-electron chi connectivity index (χ2n) is 5.58. The van der Waals surface area contributed by atoms with Gasteiger partial charge in [-0.15, -0.1) is 0 Å². The van der Waals surface area contributed by atoms with Crippen LogP contribution in [-0.2, 0) is 14.3 Å². The molecule has 2 rings (SSSR count). The third-order valence-corrected chi connectivity index (χ3v) is 3.82. The van der Waals surface area contributed by atoms with Crippen LogP contribution in [0.1, 0.15) is 23.1 Å². The van der Waals surface area contributed by atoms with Crippen LogP contribution >= 0.6 is 0 Å². The van der Waals surface area contributed by atoms with Crippen molar-refractivity contribution in [2.75, 3.05) is 12.3 Å². The molecule has 1 saturated heterocycles. The standard InChI is InChI=1S/C13H18N4O9/c14-10-7(11(23)16-4(13(24)25)1-6(19)20)15-3-17(10)12-9(22)8(21)5(2-18)26-12/h3-5,8-9,12,18,21-22H,1-2,14H2,(H,16,23)(H,19,20)(H,24,25)/t4?,5-,8+,9+,12-/m1/s1. The zero-order chi connectivity index (χ0) is 19.6. The molecule has 1 aliphatic heterocycles. The number of anilines is 1. The van der Waals surface area contributed by atoms with Crippen molar-refractivity contribution in [1.82, 2.24) is 14.9 Å². The Kier molecular flexibility index (Phi) is 5.76. The number of amides is 1. The number of aliphatic carboxylic acids is 2. The van der Waals surface area contributed by atoms with Crippen molar-refractivity contribution in [2.45, 2.75) is 37.0 Å². The number of aliphatic hydroxyl groups is 3. The number of nitrogens with one attached hydrogen (secondary N) is 1. The minimum atomic E-state index is -1.70. The Morgan fingerprint density at radius 1 is 1.31 bits per heavy atom. The van der Waals surface area contributed by atoms with Gasteiger partial charge in [0.25, 0.3) is 5.91 Å². The topological polar surface area (TPSA) is 217 Å². The molecule has 5 atom stereocenters. The number of carbonyl (C=O) groups is 3. The minimum Gasteiger partial charge on any atom is -0.481 e. The number of carboxylic acids is 2. The lowest BCUT2D eigenvalue weighted by molar-refractivity contribution is -0.145. The number of nitrogens with zero attached hydrogens (tertiary/aromatic N) is 2. The Morgan fingerprint density at radius 2 is 1.96 bits per heavy atom. The second-order valence-corrected chi connectivity index (χ2v) is 5.58. The first-order chi connectivity index (χ1) is 12.2. The number of ether oxygens (including phenoxy) is 1. The van der Waals surface area contributed by atoms with Crippen molar-refractivity contribution in [3.63, 3.8) is 0 Å². The number of imidazole rings is 1. The number of nitrogens with two attached hydrogens (primary N) is 1. The van der Waals surface area contributed by atoms with E-state index in [2.05, 4.69) is 4.98 Å². The summed E-state index contributed by atoms with van der Waals surface area (Å²) < 4.78 is 6.29. The van der Waals surface area contributed by atoms with E-state index >= 15 is 0 Å². The van der Waals surface area contributed by atoms with E-state index in [0.717, 1.165) is 10.9 Å². The Labute approximate surface area is 145 Å². The van der Waals surface area contributed by atoms with E-state index in [-0.39, 0.29) is 5.82 Å². The first-order valence-electron chi connectivity index (χ1n) is 7.37. The molecule has 1 amide bonds. The van der Waals surface area contributed by atoms with E-state index < -0.39 is 67.1 Å². The summed E-state index contributed by atoms with van der Waals surface area (Å²) in [6.45, 7) is -0.563. The molecule has 8 N–H and O–H groups in total. The maximum Gasteiger partial charge on any atom is 0.326 e. The number of aliphatic hydroxyl groups excluding tert-OH is 3. The van der Waals surface area contributed by atoms with Crippen molar-refractivity contribution in [3.8, 4) is 0 Å². The van der Waals surface area contributed by atoms with Crippen molar-refractivity contribution < 1.29 is 44.7 Å². The molecule has 0 bridgehead atoms. The number of carboxylic acid groups (broad SMARTS) is 2. The Hall–Kier alpha value is -2.74. The van der Waals surface area contributed by atoms with Crippen molar-refractivity contribution in [3.05, 3.63) is 12.0 Å². The molecule has 144 valence electrons. The van der Waals surface area contributed by atoms with Gasteiger partial charge in [-0.3, -0.25) is 14.2 Å². The molecule has 1 unspecified atom stereocenters. The molecular weight excluding hydrogens is 356 g/mol. The van der Waals surface area contributed by atoms with Crippen LogP contribution in [-0.4, -0.2) is 83.9 Å². The SMILES string of the molecule is Nc1c(C(=O)NC(CC(=O)O)C(=O)O)ncn1[C@@H]1O[C@H](CO)[C@H](O)[C@@H]1O. The van der Waals surface area contributed by atoms with Crippen LogP contribution < -0.4 is 11.1 Å². The lowest BCUT2D eigenvalue weighted by atomic mass is 10.1.